The lowest BCUT2D eigenvalue weighted by molar-refractivity contribution is 0.591. The van der Waals surface area contributed by atoms with Crippen LogP contribution in [-0.2, 0) is 22.3 Å². The molecular formula is C12H14ClFN2O2S. The van der Waals surface area contributed by atoms with Crippen molar-refractivity contribution in [2.45, 2.75) is 18.8 Å². The standard InChI is InChI=1S/C12H14ClFN2O2S/c1-19(17,18)7-3-6-16-10-5-2-4-9(14)12(10)15-11(16)8-13/h2,4-5H,3,6-8H2,1H3. The summed E-state index contributed by atoms with van der Waals surface area (Å²) in [6.07, 6.45) is 1.64. The Balaban J connectivity index is 2.33. The molecule has 2 rings (SSSR count). The molecule has 0 saturated carbocycles. The van der Waals surface area contributed by atoms with Crippen molar-refractivity contribution in [1.82, 2.24) is 9.55 Å². The first-order valence-corrected chi connectivity index (χ1v) is 8.39. The van der Waals surface area contributed by atoms with Crippen LogP contribution in [0.3, 0.4) is 0 Å². The van der Waals surface area contributed by atoms with E-state index in [1.54, 1.807) is 16.7 Å². The zero-order valence-corrected chi connectivity index (χ0v) is 12.0. The normalized spacial score (nSPS) is 12.2. The molecule has 0 fully saturated rings. The number of imidazole rings is 1. The van der Waals surface area contributed by atoms with Gasteiger partial charge in [0.2, 0.25) is 0 Å². The van der Waals surface area contributed by atoms with E-state index in [-0.39, 0.29) is 17.1 Å². The van der Waals surface area contributed by atoms with Gasteiger partial charge in [0.25, 0.3) is 0 Å². The van der Waals surface area contributed by atoms with Gasteiger partial charge in [-0.3, -0.25) is 0 Å². The van der Waals surface area contributed by atoms with Crippen LogP contribution in [0.25, 0.3) is 11.0 Å². The predicted molar refractivity (Wildman–Crippen MR) is 73.6 cm³/mol. The molecule has 0 spiro atoms. The van der Waals surface area contributed by atoms with Crippen molar-refractivity contribution in [1.29, 1.82) is 0 Å². The van der Waals surface area contributed by atoms with Gasteiger partial charge in [0.15, 0.2) is 5.82 Å². The van der Waals surface area contributed by atoms with Gasteiger partial charge in [0.1, 0.15) is 21.2 Å². The monoisotopic (exact) mass is 304 g/mol. The van der Waals surface area contributed by atoms with Crippen LogP contribution >= 0.6 is 11.6 Å². The molecule has 0 unspecified atom stereocenters. The third-order valence-corrected chi connectivity index (χ3v) is 4.09. The number of rotatable bonds is 5. The molecule has 0 bridgehead atoms. The van der Waals surface area contributed by atoms with Crippen LogP contribution in [0, 0.1) is 5.82 Å². The number of sulfone groups is 1. The number of nitrogens with zero attached hydrogens (tertiary/aromatic N) is 2. The van der Waals surface area contributed by atoms with Crippen LogP contribution in [-0.4, -0.2) is 30.0 Å². The minimum atomic E-state index is -3.00. The second kappa shape index (κ2) is 5.46. The zero-order chi connectivity index (χ0) is 14.0. The van der Waals surface area contributed by atoms with E-state index in [0.29, 0.717) is 24.3 Å². The van der Waals surface area contributed by atoms with Crippen molar-refractivity contribution in [3.05, 3.63) is 29.8 Å². The van der Waals surface area contributed by atoms with Gasteiger partial charge in [-0.25, -0.2) is 17.8 Å². The Bertz CT molecular complexity index is 697. The van der Waals surface area contributed by atoms with Crippen LogP contribution in [0.4, 0.5) is 4.39 Å². The highest BCUT2D eigenvalue weighted by Crippen LogP contribution is 2.20. The Hall–Kier alpha value is -1.14. The molecule has 1 aromatic heterocycles. The molecule has 19 heavy (non-hydrogen) atoms. The molecule has 7 heteroatoms. The number of halogens is 2. The molecule has 0 amide bonds. The number of aromatic nitrogens is 2. The third-order valence-electron chi connectivity index (χ3n) is 2.83. The first-order valence-electron chi connectivity index (χ1n) is 5.79. The Morgan fingerprint density at radius 3 is 2.79 bits per heavy atom. The van der Waals surface area contributed by atoms with E-state index in [4.69, 9.17) is 11.6 Å². The Labute approximate surface area is 116 Å². The maximum atomic E-state index is 13.6. The van der Waals surface area contributed by atoms with Gasteiger partial charge in [-0.2, -0.15) is 0 Å². The first-order chi connectivity index (χ1) is 8.92. The van der Waals surface area contributed by atoms with Gasteiger partial charge in [0.05, 0.1) is 17.1 Å². The number of hydrogen-bond donors (Lipinski definition) is 0. The van der Waals surface area contributed by atoms with Crippen molar-refractivity contribution in [3.8, 4) is 0 Å². The molecule has 0 aliphatic carbocycles. The number of fused-ring (bicyclic) bond motifs is 1. The zero-order valence-electron chi connectivity index (χ0n) is 10.4. The largest absolute Gasteiger partial charge is 0.327 e. The highest BCUT2D eigenvalue weighted by Gasteiger charge is 2.13. The van der Waals surface area contributed by atoms with Crippen molar-refractivity contribution in [2.24, 2.45) is 0 Å². The average molecular weight is 305 g/mol. The van der Waals surface area contributed by atoms with Gasteiger partial charge < -0.3 is 4.57 Å². The third kappa shape index (κ3) is 3.25. The van der Waals surface area contributed by atoms with Gasteiger partial charge in [0, 0.05) is 12.8 Å². The van der Waals surface area contributed by atoms with E-state index in [1.807, 2.05) is 0 Å². The second-order valence-corrected chi connectivity index (χ2v) is 6.93. The van der Waals surface area contributed by atoms with Gasteiger partial charge in [-0.05, 0) is 18.6 Å². The molecule has 1 heterocycles. The topological polar surface area (TPSA) is 52.0 Å². The van der Waals surface area contributed by atoms with Gasteiger partial charge in [-0.15, -0.1) is 11.6 Å². The van der Waals surface area contributed by atoms with E-state index in [2.05, 4.69) is 4.98 Å². The smallest absolute Gasteiger partial charge is 0.151 e. The van der Waals surface area contributed by atoms with Crippen molar-refractivity contribution >= 4 is 32.5 Å². The fraction of sp³-hybridized carbons (Fsp3) is 0.417. The summed E-state index contributed by atoms with van der Waals surface area (Å²) in [6, 6.07) is 4.69. The lowest BCUT2D eigenvalue weighted by atomic mass is 10.3. The minimum absolute atomic E-state index is 0.0870. The van der Waals surface area contributed by atoms with Gasteiger partial charge in [-0.1, -0.05) is 6.07 Å². The fourth-order valence-electron chi connectivity index (χ4n) is 2.00. The summed E-state index contributed by atoms with van der Waals surface area (Å²) < 4.78 is 37.6. The molecule has 0 N–H and O–H groups in total. The van der Waals surface area contributed by atoms with Crippen molar-refractivity contribution < 1.29 is 12.8 Å². The Morgan fingerprint density at radius 1 is 1.42 bits per heavy atom. The fourth-order valence-corrected chi connectivity index (χ4v) is 2.85. The number of benzene rings is 1. The molecule has 0 aliphatic rings. The van der Waals surface area contributed by atoms with Crippen LogP contribution < -0.4 is 0 Å². The average Bonchev–Trinajstić information content (AvgIpc) is 2.68. The maximum absolute atomic E-state index is 13.6. The summed E-state index contributed by atoms with van der Waals surface area (Å²) in [6.45, 7) is 0.453. The molecule has 0 saturated heterocycles. The summed E-state index contributed by atoms with van der Waals surface area (Å²) in [7, 11) is -3.00. The molecule has 1 aromatic carbocycles. The van der Waals surface area contributed by atoms with E-state index in [9.17, 15) is 12.8 Å². The lowest BCUT2D eigenvalue weighted by Crippen LogP contribution is -2.09. The van der Waals surface area contributed by atoms with Gasteiger partial charge >= 0.3 is 0 Å². The molecule has 4 nitrogen and oxygen atoms in total. The highest BCUT2D eigenvalue weighted by molar-refractivity contribution is 7.90. The van der Waals surface area contributed by atoms with Crippen LogP contribution in [0.15, 0.2) is 18.2 Å². The summed E-state index contributed by atoms with van der Waals surface area (Å²) in [5.41, 5.74) is 0.918. The second-order valence-electron chi connectivity index (χ2n) is 4.40. The molecule has 0 atom stereocenters. The molecule has 2 aromatic rings. The van der Waals surface area contributed by atoms with Crippen molar-refractivity contribution in [2.75, 3.05) is 12.0 Å². The maximum Gasteiger partial charge on any atom is 0.151 e. The number of alkyl halides is 1. The summed E-state index contributed by atoms with van der Waals surface area (Å²) in [5, 5.41) is 0. The molecule has 0 radical (unpaired) electrons. The molecular weight excluding hydrogens is 291 g/mol. The van der Waals surface area contributed by atoms with Crippen LogP contribution in [0.5, 0.6) is 0 Å². The minimum Gasteiger partial charge on any atom is -0.327 e. The quantitative estimate of drug-likeness (QED) is 0.797. The van der Waals surface area contributed by atoms with Crippen LogP contribution in [0.1, 0.15) is 12.2 Å². The van der Waals surface area contributed by atoms with E-state index in [0.717, 1.165) is 0 Å². The molecule has 104 valence electrons. The van der Waals surface area contributed by atoms with E-state index >= 15 is 0 Å². The summed E-state index contributed by atoms with van der Waals surface area (Å²) in [5.74, 6) is 0.400. The molecule has 0 aliphatic heterocycles. The number of para-hydroxylation sites is 1. The summed E-state index contributed by atoms with van der Waals surface area (Å²) in [4.78, 5) is 4.15. The van der Waals surface area contributed by atoms with E-state index in [1.165, 1.54) is 12.3 Å². The first kappa shape index (κ1) is 14.3. The SMILES string of the molecule is CS(=O)(=O)CCCn1c(CCl)nc2c(F)cccc21. The lowest BCUT2D eigenvalue weighted by Gasteiger charge is -2.07. The predicted octanol–water partition coefficient (Wildman–Crippen LogP) is 2.35. The Kier molecular flexibility index (Phi) is 4.10. The van der Waals surface area contributed by atoms with Crippen molar-refractivity contribution in [3.63, 3.8) is 0 Å². The Morgan fingerprint density at radius 2 is 2.16 bits per heavy atom. The number of hydrogen-bond acceptors (Lipinski definition) is 3. The van der Waals surface area contributed by atoms with Crippen LogP contribution in [0.2, 0.25) is 0 Å². The summed E-state index contributed by atoms with van der Waals surface area (Å²) >= 11 is 5.80. The van der Waals surface area contributed by atoms with E-state index < -0.39 is 15.7 Å². The highest BCUT2D eigenvalue weighted by atomic mass is 35.5. The number of aryl methyl sites for hydroxylation is 1.